The van der Waals surface area contributed by atoms with Gasteiger partial charge in [0.1, 0.15) is 11.9 Å². The zero-order valence-electron chi connectivity index (χ0n) is 15.7. The molecule has 3 N–H and O–H groups in total. The van der Waals surface area contributed by atoms with E-state index in [9.17, 15) is 24.5 Å². The maximum atomic E-state index is 13.7. The Labute approximate surface area is 167 Å². The molecule has 0 amide bonds. The van der Waals surface area contributed by atoms with Crippen molar-refractivity contribution in [3.8, 4) is 11.1 Å². The number of carbonyl (C=O) groups is 1. The smallest absolute Gasteiger partial charge is 0.336 e. The van der Waals surface area contributed by atoms with Crippen LogP contribution in [-0.2, 0) is 12.8 Å². The molecule has 4 rings (SSSR count). The average molecular weight is 392 g/mol. The number of aryl methyl sites for hydroxylation is 1. The Morgan fingerprint density at radius 3 is 2.55 bits per heavy atom. The second-order valence-corrected chi connectivity index (χ2v) is 7.58. The van der Waals surface area contributed by atoms with Crippen LogP contribution in [0.25, 0.3) is 11.1 Å². The monoisotopic (exact) mass is 392 g/mol. The third-order valence-electron chi connectivity index (χ3n) is 5.65. The molecule has 1 aliphatic rings. The maximum Gasteiger partial charge on any atom is 0.336 e. The fourth-order valence-corrected chi connectivity index (χ4v) is 4.11. The van der Waals surface area contributed by atoms with Gasteiger partial charge in [0.15, 0.2) is 0 Å². The van der Waals surface area contributed by atoms with E-state index < -0.39 is 23.5 Å². The summed E-state index contributed by atoms with van der Waals surface area (Å²) in [4.78, 5) is 11.5. The molecule has 3 aromatic rings. The minimum atomic E-state index is -1.28. The van der Waals surface area contributed by atoms with Crippen LogP contribution in [0.5, 0.6) is 0 Å². The van der Waals surface area contributed by atoms with Gasteiger partial charge in [0.05, 0.1) is 11.2 Å². The molecule has 148 valence electrons. The predicted octanol–water partition coefficient (Wildman–Crippen LogP) is 4.14. The Kier molecular flexibility index (Phi) is 4.94. The molecule has 0 saturated heterocycles. The van der Waals surface area contributed by atoms with Crippen molar-refractivity contribution in [1.82, 2.24) is 0 Å². The van der Waals surface area contributed by atoms with E-state index in [1.807, 2.05) is 30.3 Å². The molecule has 4 nitrogen and oxygen atoms in total. The van der Waals surface area contributed by atoms with Crippen molar-refractivity contribution in [2.24, 2.45) is 0 Å². The van der Waals surface area contributed by atoms with Gasteiger partial charge in [0.2, 0.25) is 0 Å². The van der Waals surface area contributed by atoms with Crippen molar-refractivity contribution in [2.75, 3.05) is 0 Å². The molecule has 0 bridgehead atoms. The Morgan fingerprint density at radius 2 is 1.83 bits per heavy atom. The summed E-state index contributed by atoms with van der Waals surface area (Å²) < 4.78 is 13.7. The zero-order valence-corrected chi connectivity index (χ0v) is 15.7. The highest BCUT2D eigenvalue weighted by molar-refractivity contribution is 5.96. The Bertz CT molecular complexity index is 1060. The number of halogens is 1. The molecule has 0 aliphatic heterocycles. The number of rotatable bonds is 4. The largest absolute Gasteiger partial charge is 0.478 e. The maximum absolute atomic E-state index is 13.7. The third kappa shape index (κ3) is 3.67. The lowest BCUT2D eigenvalue weighted by Gasteiger charge is -2.38. The molecular formula is C24H21FO4. The van der Waals surface area contributed by atoms with E-state index in [-0.39, 0.29) is 5.56 Å². The van der Waals surface area contributed by atoms with Crippen LogP contribution in [0.15, 0.2) is 66.7 Å². The quantitative estimate of drug-likeness (QED) is 0.624. The van der Waals surface area contributed by atoms with Crippen molar-refractivity contribution >= 4 is 5.97 Å². The SMILES string of the molecule is O=C(O)c1ccc(F)cc1-c1ccc2c(c1)CCC(O)(Cc1ccccc1)C2O. The zero-order chi connectivity index (χ0) is 20.6. The molecule has 2 unspecified atom stereocenters. The van der Waals surface area contributed by atoms with Crippen LogP contribution in [0.3, 0.4) is 0 Å². The van der Waals surface area contributed by atoms with Crippen molar-refractivity contribution < 1.29 is 24.5 Å². The van der Waals surface area contributed by atoms with Gasteiger partial charge >= 0.3 is 5.97 Å². The van der Waals surface area contributed by atoms with Crippen molar-refractivity contribution in [3.05, 3.63) is 94.8 Å². The average Bonchev–Trinajstić information content (AvgIpc) is 2.71. The van der Waals surface area contributed by atoms with Gasteiger partial charge in [-0.1, -0.05) is 48.5 Å². The second-order valence-electron chi connectivity index (χ2n) is 7.58. The number of aliphatic hydroxyl groups excluding tert-OH is 1. The van der Waals surface area contributed by atoms with Gasteiger partial charge in [-0.05, 0) is 58.9 Å². The second kappa shape index (κ2) is 7.43. The number of aliphatic hydroxyl groups is 2. The highest BCUT2D eigenvalue weighted by Gasteiger charge is 2.41. The van der Waals surface area contributed by atoms with Crippen LogP contribution < -0.4 is 0 Å². The van der Waals surface area contributed by atoms with Gasteiger partial charge < -0.3 is 15.3 Å². The molecule has 1 aliphatic carbocycles. The number of hydrogen-bond donors (Lipinski definition) is 3. The van der Waals surface area contributed by atoms with Gasteiger partial charge in [0, 0.05) is 6.42 Å². The van der Waals surface area contributed by atoms with E-state index in [4.69, 9.17) is 0 Å². The van der Waals surface area contributed by atoms with Gasteiger partial charge in [-0.3, -0.25) is 0 Å². The van der Waals surface area contributed by atoms with Crippen molar-refractivity contribution in [1.29, 1.82) is 0 Å². The summed E-state index contributed by atoms with van der Waals surface area (Å²) in [5, 5.41) is 31.4. The Hall–Kier alpha value is -3.02. The minimum Gasteiger partial charge on any atom is -0.478 e. The first-order valence-corrected chi connectivity index (χ1v) is 9.48. The molecule has 0 fully saturated rings. The standard InChI is InChI=1S/C24H21FO4/c25-18-7-9-20(23(27)28)21(13-18)16-6-8-19-17(12-16)10-11-24(29,22(19)26)14-15-4-2-1-3-5-15/h1-9,12-13,22,26,29H,10-11,14H2,(H,27,28). The summed E-state index contributed by atoms with van der Waals surface area (Å²) in [6.07, 6.45) is 0.172. The summed E-state index contributed by atoms with van der Waals surface area (Å²) in [5.74, 6) is -1.64. The number of carboxylic acid groups (broad SMARTS) is 1. The van der Waals surface area contributed by atoms with Gasteiger partial charge in [0.25, 0.3) is 0 Å². The molecular weight excluding hydrogens is 371 g/mol. The third-order valence-corrected chi connectivity index (χ3v) is 5.65. The van der Waals surface area contributed by atoms with Gasteiger partial charge in [-0.25, -0.2) is 9.18 Å². The number of aromatic carboxylic acids is 1. The lowest BCUT2D eigenvalue weighted by Crippen LogP contribution is -2.42. The lowest BCUT2D eigenvalue weighted by molar-refractivity contribution is -0.0884. The van der Waals surface area contributed by atoms with Crippen molar-refractivity contribution in [3.63, 3.8) is 0 Å². The summed E-state index contributed by atoms with van der Waals surface area (Å²) in [6.45, 7) is 0. The first kappa shape index (κ1) is 19.3. The predicted molar refractivity (Wildman–Crippen MR) is 107 cm³/mol. The first-order valence-electron chi connectivity index (χ1n) is 9.48. The molecule has 0 saturated carbocycles. The summed E-state index contributed by atoms with van der Waals surface area (Å²) >= 11 is 0. The Morgan fingerprint density at radius 1 is 1.07 bits per heavy atom. The van der Waals surface area contributed by atoms with Crippen LogP contribution in [0.4, 0.5) is 4.39 Å². The van der Waals surface area contributed by atoms with Crippen LogP contribution in [0.2, 0.25) is 0 Å². The fourth-order valence-electron chi connectivity index (χ4n) is 4.11. The summed E-state index contributed by atoms with van der Waals surface area (Å²) in [5.41, 5.74) is 1.99. The van der Waals surface area contributed by atoms with Crippen LogP contribution in [0.1, 0.15) is 39.6 Å². The number of carboxylic acids is 1. The number of hydrogen-bond acceptors (Lipinski definition) is 3. The number of benzene rings is 3. The molecule has 2 atom stereocenters. The highest BCUT2D eigenvalue weighted by atomic mass is 19.1. The summed E-state index contributed by atoms with van der Waals surface area (Å²) in [6, 6.07) is 18.2. The van der Waals surface area contributed by atoms with E-state index in [2.05, 4.69) is 0 Å². The van der Waals surface area contributed by atoms with E-state index in [1.165, 1.54) is 12.1 Å². The van der Waals surface area contributed by atoms with E-state index in [1.54, 1.807) is 18.2 Å². The van der Waals surface area contributed by atoms with E-state index in [0.717, 1.165) is 17.2 Å². The van der Waals surface area contributed by atoms with Crippen LogP contribution in [-0.4, -0.2) is 26.9 Å². The molecule has 5 heteroatoms. The Balaban J connectivity index is 1.69. The molecule has 29 heavy (non-hydrogen) atoms. The molecule has 3 aromatic carbocycles. The van der Waals surface area contributed by atoms with Crippen LogP contribution in [0, 0.1) is 5.82 Å². The van der Waals surface area contributed by atoms with E-state index in [0.29, 0.717) is 36.0 Å². The molecule has 0 aromatic heterocycles. The van der Waals surface area contributed by atoms with Gasteiger partial charge in [-0.2, -0.15) is 0 Å². The highest BCUT2D eigenvalue weighted by Crippen LogP contribution is 2.41. The van der Waals surface area contributed by atoms with E-state index >= 15 is 0 Å². The molecule has 0 heterocycles. The normalized spacial score (nSPS) is 20.9. The summed E-state index contributed by atoms with van der Waals surface area (Å²) in [7, 11) is 0. The minimum absolute atomic E-state index is 0.0169. The molecule has 0 spiro atoms. The topological polar surface area (TPSA) is 77.8 Å². The van der Waals surface area contributed by atoms with Crippen molar-refractivity contribution in [2.45, 2.75) is 31.0 Å². The van der Waals surface area contributed by atoms with Crippen LogP contribution >= 0.6 is 0 Å². The number of fused-ring (bicyclic) bond motifs is 1. The van der Waals surface area contributed by atoms with Gasteiger partial charge in [-0.15, -0.1) is 0 Å². The molecule has 0 radical (unpaired) electrons. The first-order chi connectivity index (χ1) is 13.9. The lowest BCUT2D eigenvalue weighted by atomic mass is 9.74. The fraction of sp³-hybridized carbons (Fsp3) is 0.208.